The Hall–Kier alpha value is -2.23. The average Bonchev–Trinajstić information content (AvgIpc) is 2.82. The van der Waals surface area contributed by atoms with Gasteiger partial charge in [0.05, 0.1) is 11.6 Å². The van der Waals surface area contributed by atoms with Crippen LogP contribution in [-0.4, -0.2) is 21.0 Å². The van der Waals surface area contributed by atoms with Gasteiger partial charge < -0.3 is 5.11 Å². The molecule has 1 heterocycles. The van der Waals surface area contributed by atoms with Crippen LogP contribution < -0.4 is 0 Å². The van der Waals surface area contributed by atoms with Crippen LogP contribution in [0.3, 0.4) is 0 Å². The molecule has 0 saturated carbocycles. The maximum atomic E-state index is 11.2. The number of hydrogen-bond donors (Lipinski definition) is 1. The molecule has 1 unspecified atom stereocenters. The third-order valence-corrected chi connectivity index (χ3v) is 3.26. The van der Waals surface area contributed by atoms with Crippen LogP contribution in [0.15, 0.2) is 36.5 Å². The lowest BCUT2D eigenvalue weighted by atomic mass is 10.1. The third kappa shape index (κ3) is 1.76. The number of carboxylic acid groups (broad SMARTS) is 1. The van der Waals surface area contributed by atoms with Crippen molar-refractivity contribution in [3.8, 4) is 11.4 Å². The topological polar surface area (TPSA) is 63.1 Å². The van der Waals surface area contributed by atoms with E-state index in [-0.39, 0.29) is 0 Å². The Kier molecular flexibility index (Phi) is 2.55. The second-order valence-corrected chi connectivity index (χ2v) is 4.40. The van der Waals surface area contributed by atoms with E-state index in [0.29, 0.717) is 17.9 Å². The number of nitrogens with zero attached hydrogens (tertiary/aromatic N) is 2. The van der Waals surface area contributed by atoms with Crippen molar-refractivity contribution in [2.75, 3.05) is 0 Å². The Labute approximate surface area is 104 Å². The van der Waals surface area contributed by atoms with Crippen molar-refractivity contribution >= 4 is 5.97 Å². The molecule has 0 fully saturated rings. The monoisotopic (exact) mass is 240 g/mol. The highest BCUT2D eigenvalue weighted by Crippen LogP contribution is 2.32. The summed E-state index contributed by atoms with van der Waals surface area (Å²) in [4.78, 5) is 19.9. The predicted octanol–water partition coefficient (Wildman–Crippen LogP) is 2.26. The molecular weight excluding hydrogens is 228 g/mol. The molecule has 1 aromatic heterocycles. The first-order chi connectivity index (χ1) is 8.75. The van der Waals surface area contributed by atoms with E-state index in [2.05, 4.69) is 9.97 Å². The smallest absolute Gasteiger partial charge is 0.312 e. The molecule has 90 valence electrons. The van der Waals surface area contributed by atoms with Gasteiger partial charge in [-0.15, -0.1) is 0 Å². The van der Waals surface area contributed by atoms with Crippen molar-refractivity contribution in [2.24, 2.45) is 0 Å². The molecule has 0 radical (unpaired) electrons. The minimum Gasteiger partial charge on any atom is -0.481 e. The molecule has 0 aliphatic heterocycles. The van der Waals surface area contributed by atoms with E-state index >= 15 is 0 Å². The van der Waals surface area contributed by atoms with Gasteiger partial charge in [-0.25, -0.2) is 9.97 Å². The van der Waals surface area contributed by atoms with Crippen molar-refractivity contribution in [1.29, 1.82) is 0 Å². The Morgan fingerprint density at radius 2 is 2.06 bits per heavy atom. The Morgan fingerprint density at radius 1 is 1.28 bits per heavy atom. The second kappa shape index (κ2) is 4.22. The minimum atomic E-state index is -0.800. The summed E-state index contributed by atoms with van der Waals surface area (Å²) in [5.74, 6) is -0.681. The van der Waals surface area contributed by atoms with Crippen molar-refractivity contribution in [2.45, 2.75) is 18.8 Å². The van der Waals surface area contributed by atoms with Gasteiger partial charge >= 0.3 is 5.97 Å². The van der Waals surface area contributed by atoms with Gasteiger partial charge in [0.25, 0.3) is 0 Å². The number of carboxylic acids is 1. The Morgan fingerprint density at radius 3 is 2.78 bits per heavy atom. The second-order valence-electron chi connectivity index (χ2n) is 4.40. The normalized spacial score (nSPS) is 17.4. The number of hydrogen-bond acceptors (Lipinski definition) is 3. The van der Waals surface area contributed by atoms with Gasteiger partial charge in [-0.05, 0) is 18.4 Å². The average molecular weight is 240 g/mol. The third-order valence-electron chi connectivity index (χ3n) is 3.26. The zero-order valence-corrected chi connectivity index (χ0v) is 9.71. The number of rotatable bonds is 2. The summed E-state index contributed by atoms with van der Waals surface area (Å²) in [7, 11) is 0. The zero-order chi connectivity index (χ0) is 12.5. The maximum Gasteiger partial charge on any atom is 0.312 e. The predicted molar refractivity (Wildman–Crippen MR) is 66.2 cm³/mol. The van der Waals surface area contributed by atoms with Gasteiger partial charge in [0.2, 0.25) is 0 Å². The number of aliphatic carboxylic acids is 1. The van der Waals surface area contributed by atoms with Crippen molar-refractivity contribution < 1.29 is 9.90 Å². The fourth-order valence-electron chi connectivity index (χ4n) is 2.32. The van der Waals surface area contributed by atoms with Crippen LogP contribution in [0, 0.1) is 0 Å². The summed E-state index contributed by atoms with van der Waals surface area (Å²) in [6, 6.07) is 9.61. The molecule has 0 spiro atoms. The summed E-state index contributed by atoms with van der Waals surface area (Å²) in [6.07, 6.45) is 3.13. The summed E-state index contributed by atoms with van der Waals surface area (Å²) in [5, 5.41) is 9.16. The number of aryl methyl sites for hydroxylation is 1. The van der Waals surface area contributed by atoms with Crippen LogP contribution in [0.2, 0.25) is 0 Å². The summed E-state index contributed by atoms with van der Waals surface area (Å²) < 4.78 is 0. The van der Waals surface area contributed by atoms with Gasteiger partial charge in [-0.1, -0.05) is 30.3 Å². The summed E-state index contributed by atoms with van der Waals surface area (Å²) in [6.45, 7) is 0. The van der Waals surface area contributed by atoms with Gasteiger partial charge in [0, 0.05) is 11.8 Å². The van der Waals surface area contributed by atoms with Crippen molar-refractivity contribution in [3.63, 3.8) is 0 Å². The molecule has 4 heteroatoms. The van der Waals surface area contributed by atoms with Crippen LogP contribution in [0.4, 0.5) is 0 Å². The first-order valence-corrected chi connectivity index (χ1v) is 5.90. The molecule has 1 aromatic carbocycles. The first kappa shape index (κ1) is 10.9. The molecule has 0 bridgehead atoms. The lowest BCUT2D eigenvalue weighted by molar-refractivity contribution is -0.138. The quantitative estimate of drug-likeness (QED) is 0.874. The first-order valence-electron chi connectivity index (χ1n) is 5.90. The molecular formula is C14H12N2O2. The molecule has 18 heavy (non-hydrogen) atoms. The summed E-state index contributed by atoms with van der Waals surface area (Å²) >= 11 is 0. The van der Waals surface area contributed by atoms with E-state index in [1.54, 1.807) is 6.20 Å². The van der Waals surface area contributed by atoms with Gasteiger partial charge in [-0.2, -0.15) is 0 Å². The molecule has 2 aromatic rings. The van der Waals surface area contributed by atoms with Crippen LogP contribution >= 0.6 is 0 Å². The van der Waals surface area contributed by atoms with Gasteiger partial charge in [0.1, 0.15) is 0 Å². The number of carbonyl (C=O) groups is 1. The molecule has 0 saturated heterocycles. The fraction of sp³-hybridized carbons (Fsp3) is 0.214. The largest absolute Gasteiger partial charge is 0.481 e. The van der Waals surface area contributed by atoms with Crippen molar-refractivity contribution in [3.05, 3.63) is 47.8 Å². The SMILES string of the molecule is O=C(O)C1CCc2cnc(-c3ccccc3)nc21. The summed E-state index contributed by atoms with van der Waals surface area (Å²) in [5.41, 5.74) is 2.55. The van der Waals surface area contributed by atoms with Crippen LogP contribution in [0.5, 0.6) is 0 Å². The lowest BCUT2D eigenvalue weighted by Gasteiger charge is -2.06. The van der Waals surface area contributed by atoms with E-state index in [1.807, 2.05) is 30.3 Å². The fourth-order valence-corrected chi connectivity index (χ4v) is 2.32. The molecule has 3 rings (SSSR count). The molecule has 1 N–H and O–H groups in total. The standard InChI is InChI=1S/C14H12N2O2/c17-14(18)11-7-6-10-8-15-13(16-12(10)11)9-4-2-1-3-5-9/h1-5,8,11H,6-7H2,(H,17,18). The van der Waals surface area contributed by atoms with E-state index in [4.69, 9.17) is 5.11 Å². The molecule has 0 amide bonds. The van der Waals surface area contributed by atoms with Crippen LogP contribution in [0.25, 0.3) is 11.4 Å². The van der Waals surface area contributed by atoms with Crippen LogP contribution in [0.1, 0.15) is 23.6 Å². The highest BCUT2D eigenvalue weighted by Gasteiger charge is 2.30. The van der Waals surface area contributed by atoms with Crippen molar-refractivity contribution in [1.82, 2.24) is 9.97 Å². The highest BCUT2D eigenvalue weighted by molar-refractivity contribution is 5.77. The van der Waals surface area contributed by atoms with Crippen LogP contribution in [-0.2, 0) is 11.2 Å². The Balaban J connectivity index is 2.06. The maximum absolute atomic E-state index is 11.2. The number of aromatic nitrogens is 2. The van der Waals surface area contributed by atoms with E-state index < -0.39 is 11.9 Å². The minimum absolute atomic E-state index is 0.481. The highest BCUT2D eigenvalue weighted by atomic mass is 16.4. The zero-order valence-electron chi connectivity index (χ0n) is 9.71. The molecule has 1 aliphatic rings. The molecule has 1 atom stereocenters. The van der Waals surface area contributed by atoms with Gasteiger partial charge in [0.15, 0.2) is 5.82 Å². The van der Waals surface area contributed by atoms with E-state index in [1.165, 1.54) is 0 Å². The Bertz CT molecular complexity index is 596. The number of fused-ring (bicyclic) bond motifs is 1. The molecule has 4 nitrogen and oxygen atoms in total. The van der Waals surface area contributed by atoms with E-state index in [0.717, 1.165) is 17.5 Å². The number of benzene rings is 1. The lowest BCUT2D eigenvalue weighted by Crippen LogP contribution is -2.10. The van der Waals surface area contributed by atoms with E-state index in [9.17, 15) is 4.79 Å². The molecule has 1 aliphatic carbocycles. The van der Waals surface area contributed by atoms with Gasteiger partial charge in [-0.3, -0.25) is 4.79 Å².